The number of ether oxygens (including phenoxy) is 1. The molecule has 1 saturated heterocycles. The smallest absolute Gasteiger partial charge is 0.221 e. The van der Waals surface area contributed by atoms with Crippen molar-refractivity contribution in [1.82, 2.24) is 10.6 Å². The monoisotopic (exact) mass is 186 g/mol. The van der Waals surface area contributed by atoms with Gasteiger partial charge in [-0.05, 0) is 13.3 Å². The lowest BCUT2D eigenvalue weighted by atomic mass is 10.2. The maximum atomic E-state index is 10.9. The van der Waals surface area contributed by atoms with Gasteiger partial charge in [-0.25, -0.2) is 0 Å². The van der Waals surface area contributed by atoms with E-state index in [1.807, 2.05) is 0 Å². The molecule has 4 nitrogen and oxygen atoms in total. The molecule has 4 heteroatoms. The number of nitrogens with one attached hydrogen (secondary N) is 2. The molecule has 2 unspecified atom stereocenters. The van der Waals surface area contributed by atoms with Crippen molar-refractivity contribution in [2.75, 3.05) is 20.3 Å². The van der Waals surface area contributed by atoms with Crippen LogP contribution in [0.15, 0.2) is 0 Å². The van der Waals surface area contributed by atoms with E-state index in [2.05, 4.69) is 17.6 Å². The molecule has 0 spiro atoms. The molecular formula is C9H18N2O2. The van der Waals surface area contributed by atoms with E-state index in [0.717, 1.165) is 19.6 Å². The molecule has 0 bridgehead atoms. The highest BCUT2D eigenvalue weighted by Gasteiger charge is 2.21. The molecule has 1 fully saturated rings. The van der Waals surface area contributed by atoms with E-state index in [4.69, 9.17) is 4.74 Å². The Kier molecular flexibility index (Phi) is 4.18. The standard InChI is InChI=1S/C9H18N2O2/c1-7(3-4-13-2)11-8-5-9(12)10-6-8/h7-8,11H,3-6H2,1-2H3,(H,10,12). The zero-order valence-electron chi connectivity index (χ0n) is 8.30. The van der Waals surface area contributed by atoms with Crippen LogP contribution in [-0.2, 0) is 9.53 Å². The van der Waals surface area contributed by atoms with Crippen LogP contribution in [0, 0.1) is 0 Å². The van der Waals surface area contributed by atoms with Crippen LogP contribution in [0.5, 0.6) is 0 Å². The fourth-order valence-electron chi connectivity index (χ4n) is 1.50. The Morgan fingerprint density at radius 1 is 1.77 bits per heavy atom. The van der Waals surface area contributed by atoms with Gasteiger partial charge in [-0.15, -0.1) is 0 Å². The summed E-state index contributed by atoms with van der Waals surface area (Å²) in [5, 5.41) is 6.18. The Labute approximate surface area is 79.0 Å². The molecular weight excluding hydrogens is 168 g/mol. The Morgan fingerprint density at radius 3 is 3.08 bits per heavy atom. The zero-order chi connectivity index (χ0) is 9.68. The number of carbonyl (C=O) groups is 1. The minimum atomic E-state index is 0.149. The molecule has 0 aromatic carbocycles. The Hall–Kier alpha value is -0.610. The van der Waals surface area contributed by atoms with E-state index >= 15 is 0 Å². The number of rotatable bonds is 5. The van der Waals surface area contributed by atoms with Gasteiger partial charge in [0.25, 0.3) is 0 Å². The summed E-state index contributed by atoms with van der Waals surface area (Å²) >= 11 is 0. The third kappa shape index (κ3) is 3.74. The van der Waals surface area contributed by atoms with Crippen molar-refractivity contribution in [3.05, 3.63) is 0 Å². The molecule has 0 aromatic rings. The number of methoxy groups -OCH3 is 1. The molecule has 2 N–H and O–H groups in total. The SMILES string of the molecule is COCCC(C)NC1CNC(=O)C1. The number of amides is 1. The predicted molar refractivity (Wildman–Crippen MR) is 50.5 cm³/mol. The summed E-state index contributed by atoms with van der Waals surface area (Å²) in [4.78, 5) is 10.9. The minimum absolute atomic E-state index is 0.149. The van der Waals surface area contributed by atoms with Crippen LogP contribution in [0.2, 0.25) is 0 Å². The van der Waals surface area contributed by atoms with Crippen LogP contribution in [-0.4, -0.2) is 38.3 Å². The first-order valence-electron chi connectivity index (χ1n) is 4.74. The molecule has 0 aliphatic carbocycles. The molecule has 2 atom stereocenters. The van der Waals surface area contributed by atoms with E-state index in [0.29, 0.717) is 18.5 Å². The van der Waals surface area contributed by atoms with E-state index < -0.39 is 0 Å². The fourth-order valence-corrected chi connectivity index (χ4v) is 1.50. The van der Waals surface area contributed by atoms with Gasteiger partial charge in [-0.1, -0.05) is 0 Å². The Morgan fingerprint density at radius 2 is 2.54 bits per heavy atom. The summed E-state index contributed by atoms with van der Waals surface area (Å²) in [5.41, 5.74) is 0. The Balaban J connectivity index is 2.13. The van der Waals surface area contributed by atoms with Gasteiger partial charge < -0.3 is 15.4 Å². The van der Waals surface area contributed by atoms with Crippen molar-refractivity contribution >= 4 is 5.91 Å². The molecule has 13 heavy (non-hydrogen) atoms. The summed E-state index contributed by atoms with van der Waals surface area (Å²) in [5.74, 6) is 0.149. The maximum Gasteiger partial charge on any atom is 0.221 e. The van der Waals surface area contributed by atoms with Gasteiger partial charge >= 0.3 is 0 Å². The van der Waals surface area contributed by atoms with Crippen LogP contribution in [0.4, 0.5) is 0 Å². The average molecular weight is 186 g/mol. The first-order chi connectivity index (χ1) is 6.22. The van der Waals surface area contributed by atoms with E-state index in [1.54, 1.807) is 7.11 Å². The zero-order valence-corrected chi connectivity index (χ0v) is 8.30. The quantitative estimate of drug-likeness (QED) is 0.630. The molecule has 1 aliphatic rings. The predicted octanol–water partition coefficient (Wildman–Crippen LogP) is -0.110. The lowest BCUT2D eigenvalue weighted by Crippen LogP contribution is -2.38. The molecule has 1 aliphatic heterocycles. The van der Waals surface area contributed by atoms with Gasteiger partial charge in [0.15, 0.2) is 0 Å². The highest BCUT2D eigenvalue weighted by atomic mass is 16.5. The first kappa shape index (κ1) is 10.5. The largest absolute Gasteiger partial charge is 0.385 e. The van der Waals surface area contributed by atoms with E-state index in [9.17, 15) is 4.79 Å². The lowest BCUT2D eigenvalue weighted by molar-refractivity contribution is -0.119. The number of hydrogen-bond donors (Lipinski definition) is 2. The van der Waals surface area contributed by atoms with E-state index in [-0.39, 0.29) is 5.91 Å². The minimum Gasteiger partial charge on any atom is -0.385 e. The summed E-state index contributed by atoms with van der Waals surface area (Å²) in [7, 11) is 1.70. The van der Waals surface area contributed by atoms with Crippen molar-refractivity contribution in [2.24, 2.45) is 0 Å². The van der Waals surface area contributed by atoms with Crippen LogP contribution < -0.4 is 10.6 Å². The van der Waals surface area contributed by atoms with Gasteiger partial charge in [0, 0.05) is 38.8 Å². The Bertz CT molecular complexity index is 173. The molecule has 0 saturated carbocycles. The third-order valence-electron chi connectivity index (χ3n) is 2.25. The van der Waals surface area contributed by atoms with Crippen molar-refractivity contribution in [3.8, 4) is 0 Å². The van der Waals surface area contributed by atoms with Crippen LogP contribution in [0.3, 0.4) is 0 Å². The summed E-state index contributed by atoms with van der Waals surface area (Å²) in [6, 6.07) is 0.719. The van der Waals surface area contributed by atoms with Crippen molar-refractivity contribution < 1.29 is 9.53 Å². The number of carbonyl (C=O) groups excluding carboxylic acids is 1. The van der Waals surface area contributed by atoms with Crippen molar-refractivity contribution in [2.45, 2.75) is 31.8 Å². The third-order valence-corrected chi connectivity index (χ3v) is 2.25. The van der Waals surface area contributed by atoms with Gasteiger partial charge in [-0.2, -0.15) is 0 Å². The van der Waals surface area contributed by atoms with Crippen molar-refractivity contribution in [1.29, 1.82) is 0 Å². The average Bonchev–Trinajstić information content (AvgIpc) is 2.48. The second-order valence-corrected chi connectivity index (χ2v) is 3.55. The van der Waals surface area contributed by atoms with Gasteiger partial charge in [0.2, 0.25) is 5.91 Å². The molecule has 1 rings (SSSR count). The van der Waals surface area contributed by atoms with Crippen molar-refractivity contribution in [3.63, 3.8) is 0 Å². The molecule has 0 radical (unpaired) electrons. The molecule has 0 aromatic heterocycles. The summed E-state index contributed by atoms with van der Waals surface area (Å²) in [6.45, 7) is 3.64. The normalized spacial score (nSPS) is 24.5. The maximum absolute atomic E-state index is 10.9. The second kappa shape index (κ2) is 5.19. The lowest BCUT2D eigenvalue weighted by Gasteiger charge is -2.17. The topological polar surface area (TPSA) is 50.4 Å². The van der Waals surface area contributed by atoms with E-state index in [1.165, 1.54) is 0 Å². The van der Waals surface area contributed by atoms with Gasteiger partial charge in [-0.3, -0.25) is 4.79 Å². The molecule has 1 amide bonds. The number of hydrogen-bond acceptors (Lipinski definition) is 3. The second-order valence-electron chi connectivity index (χ2n) is 3.55. The van der Waals surface area contributed by atoms with Crippen LogP contribution in [0.1, 0.15) is 19.8 Å². The van der Waals surface area contributed by atoms with Crippen LogP contribution >= 0.6 is 0 Å². The fraction of sp³-hybridized carbons (Fsp3) is 0.889. The van der Waals surface area contributed by atoms with Gasteiger partial charge in [0.05, 0.1) is 0 Å². The summed E-state index contributed by atoms with van der Waals surface area (Å²) < 4.78 is 4.98. The van der Waals surface area contributed by atoms with Crippen LogP contribution in [0.25, 0.3) is 0 Å². The highest BCUT2D eigenvalue weighted by molar-refractivity contribution is 5.78. The van der Waals surface area contributed by atoms with Gasteiger partial charge in [0.1, 0.15) is 0 Å². The molecule has 1 heterocycles. The molecule has 76 valence electrons. The summed E-state index contributed by atoms with van der Waals surface area (Å²) in [6.07, 6.45) is 1.60. The first-order valence-corrected chi connectivity index (χ1v) is 4.74. The highest BCUT2D eigenvalue weighted by Crippen LogP contribution is 2.02.